The van der Waals surface area contributed by atoms with E-state index in [2.05, 4.69) is 5.43 Å². The van der Waals surface area contributed by atoms with Gasteiger partial charge in [0, 0.05) is 12.8 Å². The molecule has 3 atom stereocenters. The Morgan fingerprint density at radius 1 is 0.795 bits per heavy atom. The number of imide groups is 1. The average molecular weight is 531 g/mol. The van der Waals surface area contributed by atoms with Gasteiger partial charge >= 0.3 is 0 Å². The molecule has 7 nitrogen and oxygen atoms in total. The number of hydrogen-bond donors (Lipinski definition) is 1. The number of amides is 2. The maximum absolute atomic E-state index is 13.9. The Bertz CT molecular complexity index is 1470. The van der Waals surface area contributed by atoms with Gasteiger partial charge in [-0.25, -0.2) is 24.1 Å². The van der Waals surface area contributed by atoms with E-state index >= 15 is 0 Å². The number of carbonyl (C=O) groups is 2. The normalized spacial score (nSPS) is 27.1. The topological polar surface area (TPSA) is 77.1 Å². The molecule has 0 bridgehead atoms. The van der Waals surface area contributed by atoms with E-state index in [1.807, 2.05) is 0 Å². The quantitative estimate of drug-likeness (QED) is 0.376. The molecule has 2 fully saturated rings. The highest BCUT2D eigenvalue weighted by Crippen LogP contribution is 2.53. The zero-order valence-corrected chi connectivity index (χ0v) is 20.7. The third-order valence-corrected chi connectivity index (χ3v) is 8.00. The maximum atomic E-state index is 13.9. The van der Waals surface area contributed by atoms with Crippen molar-refractivity contribution in [2.45, 2.75) is 49.2 Å². The summed E-state index contributed by atoms with van der Waals surface area (Å²) in [4.78, 5) is 38.8. The minimum atomic E-state index is -1.35. The van der Waals surface area contributed by atoms with E-state index in [0.29, 0.717) is 40.7 Å². The van der Waals surface area contributed by atoms with Crippen LogP contribution in [0.3, 0.4) is 0 Å². The Kier molecular flexibility index (Phi) is 5.54. The van der Waals surface area contributed by atoms with Gasteiger partial charge in [0.05, 0.1) is 17.2 Å². The van der Waals surface area contributed by atoms with Gasteiger partial charge in [-0.05, 0) is 72.0 Å². The second-order valence-electron chi connectivity index (χ2n) is 10.3. The molecular formula is C30H24F2N2O5. The summed E-state index contributed by atoms with van der Waals surface area (Å²) in [5.74, 6) is -2.80. The van der Waals surface area contributed by atoms with E-state index in [1.165, 1.54) is 24.3 Å². The van der Waals surface area contributed by atoms with Gasteiger partial charge in [0.15, 0.2) is 5.60 Å². The van der Waals surface area contributed by atoms with E-state index in [4.69, 9.17) is 14.5 Å². The van der Waals surface area contributed by atoms with E-state index in [9.17, 15) is 18.4 Å². The molecule has 0 aromatic heterocycles. The largest absolute Gasteiger partial charge is 0.338 e. The van der Waals surface area contributed by atoms with Gasteiger partial charge in [-0.1, -0.05) is 36.4 Å². The van der Waals surface area contributed by atoms with Crippen LogP contribution in [0.25, 0.3) is 5.57 Å². The van der Waals surface area contributed by atoms with Crippen LogP contribution in [0.5, 0.6) is 0 Å². The van der Waals surface area contributed by atoms with Crippen LogP contribution in [0.15, 0.2) is 78.9 Å². The first-order valence-corrected chi connectivity index (χ1v) is 12.9. The average Bonchev–Trinajstić information content (AvgIpc) is 3.61. The number of hydrogen-bond acceptors (Lipinski definition) is 6. The van der Waals surface area contributed by atoms with Crippen molar-refractivity contribution in [2.24, 2.45) is 0 Å². The summed E-state index contributed by atoms with van der Waals surface area (Å²) in [5, 5.41) is 0.994. The zero-order chi connectivity index (χ0) is 26.8. The fraction of sp³-hybridized carbons (Fsp3) is 0.267. The van der Waals surface area contributed by atoms with Crippen LogP contribution in [0, 0.1) is 11.6 Å². The van der Waals surface area contributed by atoms with Crippen LogP contribution in [0.4, 0.5) is 8.78 Å². The lowest BCUT2D eigenvalue weighted by Crippen LogP contribution is -2.61. The van der Waals surface area contributed by atoms with Crippen LogP contribution in [0.2, 0.25) is 0 Å². The molecule has 1 N–H and O–H groups in total. The van der Waals surface area contributed by atoms with Crippen molar-refractivity contribution >= 4 is 17.4 Å². The lowest BCUT2D eigenvalue weighted by atomic mass is 9.88. The molecule has 7 rings (SSSR count). The van der Waals surface area contributed by atoms with Crippen LogP contribution in [0.1, 0.15) is 57.5 Å². The molecule has 1 saturated carbocycles. The fourth-order valence-corrected chi connectivity index (χ4v) is 6.05. The number of nitrogens with one attached hydrogen (secondary N) is 1. The molecule has 0 radical (unpaired) electrons. The standard InChI is InChI=1S/C30H24F2N2O5/c31-20-11-7-18(8-12-20)24-17-30(19-9-13-21(32)14-10-19)26(37-29(38-39-30)15-3-4-16-29)25(24)33-34-27(35)22-5-1-2-6-23(22)28(34)36/h1-2,5-14,17,25-26,33H,3-4,15-16H2/t25-,26+,30+/m0/s1. The Labute approximate surface area is 222 Å². The van der Waals surface area contributed by atoms with Gasteiger partial charge in [-0.2, -0.15) is 4.89 Å². The van der Waals surface area contributed by atoms with E-state index in [-0.39, 0.29) is 0 Å². The van der Waals surface area contributed by atoms with Crippen molar-refractivity contribution in [1.82, 2.24) is 10.4 Å². The third-order valence-electron chi connectivity index (χ3n) is 8.00. The number of halogens is 2. The summed E-state index contributed by atoms with van der Waals surface area (Å²) in [5.41, 5.74) is 4.18. The molecule has 1 saturated heterocycles. The Hall–Kier alpha value is -3.76. The van der Waals surface area contributed by atoms with Crippen LogP contribution < -0.4 is 5.43 Å². The summed E-state index contributed by atoms with van der Waals surface area (Å²) < 4.78 is 34.5. The van der Waals surface area contributed by atoms with Gasteiger partial charge in [0.25, 0.3) is 11.8 Å². The van der Waals surface area contributed by atoms with E-state index in [0.717, 1.165) is 17.9 Å². The summed E-state index contributed by atoms with van der Waals surface area (Å²) in [6.45, 7) is 0. The second-order valence-corrected chi connectivity index (χ2v) is 10.3. The molecule has 0 unspecified atom stereocenters. The molecule has 2 aliphatic heterocycles. The number of hydrazine groups is 1. The van der Waals surface area contributed by atoms with E-state index in [1.54, 1.807) is 54.6 Å². The SMILES string of the molecule is O=C1c2ccccc2C(=O)N1N[C@H]1C(c2ccc(F)cc2)=C[C@]2(c3ccc(F)cc3)OOC3(CCCC3)O[C@H]12. The number of ether oxygens (including phenoxy) is 1. The Morgan fingerprint density at radius 2 is 1.38 bits per heavy atom. The summed E-state index contributed by atoms with van der Waals surface area (Å²) in [6.07, 6.45) is 3.95. The van der Waals surface area contributed by atoms with Crippen molar-refractivity contribution < 1.29 is 32.9 Å². The van der Waals surface area contributed by atoms with Crippen molar-refractivity contribution in [3.63, 3.8) is 0 Å². The molecule has 4 aliphatic rings. The zero-order valence-electron chi connectivity index (χ0n) is 20.7. The van der Waals surface area contributed by atoms with Crippen molar-refractivity contribution in [3.05, 3.63) is 113 Å². The summed E-state index contributed by atoms with van der Waals surface area (Å²) in [7, 11) is 0. The summed E-state index contributed by atoms with van der Waals surface area (Å²) in [6, 6.07) is 17.5. The number of benzene rings is 3. The minimum absolute atomic E-state index is 0.293. The highest BCUT2D eigenvalue weighted by atomic mass is 19.1. The van der Waals surface area contributed by atoms with Gasteiger partial charge in [-0.15, -0.1) is 0 Å². The number of carbonyl (C=O) groups excluding carboxylic acids is 2. The van der Waals surface area contributed by atoms with Gasteiger partial charge in [-0.3, -0.25) is 9.59 Å². The molecule has 2 amide bonds. The van der Waals surface area contributed by atoms with Crippen molar-refractivity contribution in [1.29, 1.82) is 0 Å². The van der Waals surface area contributed by atoms with E-state index < -0.39 is 47.0 Å². The molecule has 39 heavy (non-hydrogen) atoms. The minimum Gasteiger partial charge on any atom is -0.338 e. The van der Waals surface area contributed by atoms with Gasteiger partial charge in [0.1, 0.15) is 17.7 Å². The Morgan fingerprint density at radius 3 is 2.00 bits per heavy atom. The number of rotatable bonds is 4. The lowest BCUT2D eigenvalue weighted by molar-refractivity contribution is -0.522. The van der Waals surface area contributed by atoms with Crippen LogP contribution in [-0.4, -0.2) is 34.8 Å². The Balaban J connectivity index is 1.36. The van der Waals surface area contributed by atoms with Crippen LogP contribution in [-0.2, 0) is 20.1 Å². The third kappa shape index (κ3) is 3.76. The molecule has 3 aromatic rings. The van der Waals surface area contributed by atoms with Crippen molar-refractivity contribution in [3.8, 4) is 0 Å². The highest BCUT2D eigenvalue weighted by molar-refractivity contribution is 6.21. The molecule has 2 heterocycles. The number of nitrogens with zero attached hydrogens (tertiary/aromatic N) is 1. The maximum Gasteiger partial charge on any atom is 0.276 e. The van der Waals surface area contributed by atoms with Crippen LogP contribution >= 0.6 is 0 Å². The predicted octanol–water partition coefficient (Wildman–Crippen LogP) is 5.04. The molecule has 2 aliphatic carbocycles. The predicted molar refractivity (Wildman–Crippen MR) is 135 cm³/mol. The van der Waals surface area contributed by atoms with Gasteiger partial charge in [0.2, 0.25) is 5.79 Å². The van der Waals surface area contributed by atoms with Gasteiger partial charge < -0.3 is 4.74 Å². The first kappa shape index (κ1) is 24.3. The smallest absolute Gasteiger partial charge is 0.276 e. The molecule has 9 heteroatoms. The highest BCUT2D eigenvalue weighted by Gasteiger charge is 2.61. The molecular weight excluding hydrogens is 506 g/mol. The summed E-state index contributed by atoms with van der Waals surface area (Å²) >= 11 is 0. The first-order valence-electron chi connectivity index (χ1n) is 12.9. The number of fused-ring (bicyclic) bond motifs is 2. The monoisotopic (exact) mass is 530 g/mol. The molecule has 198 valence electrons. The lowest BCUT2D eigenvalue weighted by Gasteiger charge is -2.47. The second kappa shape index (κ2) is 8.89. The molecule has 3 aromatic carbocycles. The molecule has 1 spiro atoms. The fourth-order valence-electron chi connectivity index (χ4n) is 6.05. The first-order chi connectivity index (χ1) is 18.9. The van der Waals surface area contributed by atoms with Crippen molar-refractivity contribution in [2.75, 3.05) is 0 Å².